The predicted molar refractivity (Wildman–Crippen MR) is 53.7 cm³/mol. The van der Waals surface area contributed by atoms with Crippen molar-refractivity contribution in [2.45, 2.75) is 6.92 Å². The van der Waals surface area contributed by atoms with Crippen LogP contribution < -0.4 is 10.1 Å². The average molecular weight is 218 g/mol. The molecule has 5 nitrogen and oxygen atoms in total. The molecule has 6 heteroatoms. The number of halogens is 1. The third kappa shape index (κ3) is 2.63. The number of nitrogens with one attached hydrogen (secondary N) is 1. The number of aromatic nitrogens is 2. The van der Waals surface area contributed by atoms with E-state index in [1.165, 1.54) is 0 Å². The van der Waals surface area contributed by atoms with Crippen molar-refractivity contribution in [3.8, 4) is 5.88 Å². The molecule has 0 saturated heterocycles. The molecule has 0 aliphatic carbocycles. The maximum absolute atomic E-state index is 11.0. The lowest BCUT2D eigenvalue weighted by atomic mass is 10.5. The summed E-state index contributed by atoms with van der Waals surface area (Å²) < 4.78 is 6.78. The number of alkyl halides is 1. The normalized spacial score (nSPS) is 9.93. The number of hydrogen-bond acceptors (Lipinski definition) is 3. The molecule has 1 aromatic rings. The standard InChI is InChI=1S/C8H12ClN3O2/c1-3-14-8-6(5-12(2)11-8)10-7(13)4-9/h5H,3-4H2,1-2H3,(H,10,13). The van der Waals surface area contributed by atoms with Crippen LogP contribution in [0.25, 0.3) is 0 Å². The molecule has 1 aromatic heterocycles. The van der Waals surface area contributed by atoms with Gasteiger partial charge in [0.05, 0.1) is 12.8 Å². The first-order chi connectivity index (χ1) is 6.67. The van der Waals surface area contributed by atoms with E-state index < -0.39 is 0 Å². The van der Waals surface area contributed by atoms with Gasteiger partial charge in [-0.1, -0.05) is 0 Å². The Balaban J connectivity index is 2.78. The third-order valence-corrected chi connectivity index (χ3v) is 1.71. The zero-order valence-corrected chi connectivity index (χ0v) is 8.84. The number of amides is 1. The van der Waals surface area contributed by atoms with Crippen LogP contribution in [0.5, 0.6) is 5.88 Å². The SMILES string of the molecule is CCOc1nn(C)cc1NC(=O)CCl. The van der Waals surface area contributed by atoms with E-state index in [0.29, 0.717) is 18.2 Å². The van der Waals surface area contributed by atoms with Gasteiger partial charge in [0.2, 0.25) is 5.91 Å². The van der Waals surface area contributed by atoms with Gasteiger partial charge in [0.1, 0.15) is 11.6 Å². The molecule has 1 rings (SSSR count). The van der Waals surface area contributed by atoms with Crippen molar-refractivity contribution in [2.75, 3.05) is 17.8 Å². The molecule has 14 heavy (non-hydrogen) atoms. The number of rotatable bonds is 4. The Labute approximate surface area is 87.0 Å². The lowest BCUT2D eigenvalue weighted by molar-refractivity contribution is -0.113. The fourth-order valence-electron chi connectivity index (χ4n) is 0.981. The van der Waals surface area contributed by atoms with Crippen molar-refractivity contribution < 1.29 is 9.53 Å². The minimum atomic E-state index is -0.277. The van der Waals surface area contributed by atoms with Crippen molar-refractivity contribution in [2.24, 2.45) is 7.05 Å². The number of aryl methyl sites for hydroxylation is 1. The monoisotopic (exact) mass is 217 g/mol. The fourth-order valence-corrected chi connectivity index (χ4v) is 1.05. The van der Waals surface area contributed by atoms with Gasteiger partial charge in [-0.25, -0.2) is 0 Å². The van der Waals surface area contributed by atoms with E-state index in [0.717, 1.165) is 0 Å². The van der Waals surface area contributed by atoms with Gasteiger partial charge in [-0.3, -0.25) is 9.48 Å². The number of nitrogens with zero attached hydrogens (tertiary/aromatic N) is 2. The highest BCUT2D eigenvalue weighted by atomic mass is 35.5. The summed E-state index contributed by atoms with van der Waals surface area (Å²) in [6.07, 6.45) is 1.66. The molecule has 0 unspecified atom stereocenters. The highest BCUT2D eigenvalue weighted by molar-refractivity contribution is 6.29. The molecular formula is C8H12ClN3O2. The highest BCUT2D eigenvalue weighted by Gasteiger charge is 2.10. The summed E-state index contributed by atoms with van der Waals surface area (Å²) in [7, 11) is 1.75. The first-order valence-corrected chi connectivity index (χ1v) is 4.73. The largest absolute Gasteiger partial charge is 0.475 e. The smallest absolute Gasteiger partial charge is 0.256 e. The van der Waals surface area contributed by atoms with Crippen LogP contribution in [0.4, 0.5) is 5.69 Å². The molecule has 1 amide bonds. The Bertz CT molecular complexity index is 324. The van der Waals surface area contributed by atoms with Crippen molar-refractivity contribution in [1.29, 1.82) is 0 Å². The maximum atomic E-state index is 11.0. The van der Waals surface area contributed by atoms with Gasteiger partial charge in [0.15, 0.2) is 0 Å². The van der Waals surface area contributed by atoms with Crippen LogP contribution in [-0.4, -0.2) is 28.2 Å². The minimum Gasteiger partial charge on any atom is -0.475 e. The Morgan fingerprint density at radius 3 is 3.07 bits per heavy atom. The van der Waals surface area contributed by atoms with Gasteiger partial charge in [0, 0.05) is 7.05 Å². The second kappa shape index (κ2) is 4.85. The molecule has 0 saturated carbocycles. The molecular weight excluding hydrogens is 206 g/mol. The van der Waals surface area contributed by atoms with E-state index in [1.807, 2.05) is 6.92 Å². The molecule has 1 heterocycles. The summed E-state index contributed by atoms with van der Waals surface area (Å²) >= 11 is 5.36. The Morgan fingerprint density at radius 1 is 1.79 bits per heavy atom. The molecule has 1 N–H and O–H groups in total. The van der Waals surface area contributed by atoms with Gasteiger partial charge in [-0.2, -0.15) is 0 Å². The summed E-state index contributed by atoms with van der Waals surface area (Å²) in [6.45, 7) is 2.35. The third-order valence-electron chi connectivity index (χ3n) is 1.47. The summed E-state index contributed by atoms with van der Waals surface area (Å²) in [5.74, 6) is 0.0505. The van der Waals surface area contributed by atoms with Gasteiger partial charge in [0.25, 0.3) is 5.88 Å². The lowest BCUT2D eigenvalue weighted by Crippen LogP contribution is -2.12. The predicted octanol–water partition coefficient (Wildman–Crippen LogP) is 0.996. The van der Waals surface area contributed by atoms with Gasteiger partial charge >= 0.3 is 0 Å². The fraction of sp³-hybridized carbons (Fsp3) is 0.500. The molecule has 0 aliphatic heterocycles. The molecule has 0 bridgehead atoms. The number of carbonyl (C=O) groups is 1. The minimum absolute atomic E-state index is 0.0829. The number of anilines is 1. The summed E-state index contributed by atoms with van der Waals surface area (Å²) in [4.78, 5) is 11.0. The maximum Gasteiger partial charge on any atom is 0.256 e. The molecule has 0 aliphatic rings. The van der Waals surface area contributed by atoms with Crippen LogP contribution in [0.1, 0.15) is 6.92 Å². The summed E-state index contributed by atoms with van der Waals surface area (Å²) in [5.41, 5.74) is 0.542. The quantitative estimate of drug-likeness (QED) is 0.766. The molecule has 0 radical (unpaired) electrons. The van der Waals surface area contributed by atoms with Crippen molar-refractivity contribution in [1.82, 2.24) is 9.78 Å². The number of hydrogen-bond donors (Lipinski definition) is 1. The van der Waals surface area contributed by atoms with Crippen molar-refractivity contribution >= 4 is 23.2 Å². The Morgan fingerprint density at radius 2 is 2.50 bits per heavy atom. The van der Waals surface area contributed by atoms with Crippen LogP contribution in [0.2, 0.25) is 0 Å². The average Bonchev–Trinajstić information content (AvgIpc) is 2.47. The van der Waals surface area contributed by atoms with E-state index in [-0.39, 0.29) is 11.8 Å². The van der Waals surface area contributed by atoms with Crippen LogP contribution in [0.3, 0.4) is 0 Å². The van der Waals surface area contributed by atoms with E-state index in [4.69, 9.17) is 16.3 Å². The van der Waals surface area contributed by atoms with E-state index in [1.54, 1.807) is 17.9 Å². The lowest BCUT2D eigenvalue weighted by Gasteiger charge is -2.02. The van der Waals surface area contributed by atoms with Gasteiger partial charge in [-0.05, 0) is 6.92 Å². The van der Waals surface area contributed by atoms with Crippen LogP contribution in [-0.2, 0) is 11.8 Å². The first-order valence-electron chi connectivity index (χ1n) is 4.19. The first kappa shape index (κ1) is 10.8. The molecule has 0 atom stereocenters. The van der Waals surface area contributed by atoms with Crippen LogP contribution >= 0.6 is 11.6 Å². The summed E-state index contributed by atoms with van der Waals surface area (Å²) in [5, 5.41) is 6.61. The zero-order valence-electron chi connectivity index (χ0n) is 8.08. The molecule has 0 spiro atoms. The Hall–Kier alpha value is -1.23. The number of ether oxygens (including phenoxy) is 1. The highest BCUT2D eigenvalue weighted by Crippen LogP contribution is 2.21. The van der Waals surface area contributed by atoms with Crippen molar-refractivity contribution in [3.05, 3.63) is 6.20 Å². The van der Waals surface area contributed by atoms with Crippen LogP contribution in [0.15, 0.2) is 6.20 Å². The molecule has 0 aromatic carbocycles. The molecule has 78 valence electrons. The second-order valence-corrected chi connectivity index (χ2v) is 2.90. The van der Waals surface area contributed by atoms with Crippen molar-refractivity contribution in [3.63, 3.8) is 0 Å². The van der Waals surface area contributed by atoms with E-state index >= 15 is 0 Å². The Kier molecular flexibility index (Phi) is 3.76. The molecule has 0 fully saturated rings. The van der Waals surface area contributed by atoms with E-state index in [9.17, 15) is 4.79 Å². The summed E-state index contributed by atoms with van der Waals surface area (Å²) in [6, 6.07) is 0. The zero-order chi connectivity index (χ0) is 10.6. The van der Waals surface area contributed by atoms with Crippen LogP contribution in [0, 0.1) is 0 Å². The second-order valence-electron chi connectivity index (χ2n) is 2.64. The topological polar surface area (TPSA) is 56.1 Å². The van der Waals surface area contributed by atoms with Gasteiger partial charge < -0.3 is 10.1 Å². The van der Waals surface area contributed by atoms with E-state index in [2.05, 4.69) is 10.4 Å². The number of carbonyl (C=O) groups excluding carboxylic acids is 1. The van der Waals surface area contributed by atoms with Gasteiger partial charge in [-0.15, -0.1) is 16.7 Å².